The number of aliphatic hydroxyl groups excluding tert-OH is 7. The van der Waals surface area contributed by atoms with E-state index in [4.69, 9.17) is 32.8 Å². The lowest BCUT2D eigenvalue weighted by Crippen LogP contribution is -2.60. The molecular formula is C30H35O17+. The summed E-state index contributed by atoms with van der Waals surface area (Å²) in [5.74, 6) is -1.68. The Morgan fingerprint density at radius 2 is 1.40 bits per heavy atom. The number of carbonyl (C=O) groups is 1. The molecule has 0 aliphatic carbocycles. The third kappa shape index (κ3) is 6.98. The lowest BCUT2D eigenvalue weighted by atomic mass is 9.99. The topological polar surface area (TPSA) is 266 Å². The Bertz CT molecular complexity index is 1580. The van der Waals surface area contributed by atoms with Crippen LogP contribution in [0.15, 0.2) is 40.8 Å². The second-order valence-corrected chi connectivity index (χ2v) is 10.9. The number of methoxy groups -OCH3 is 1. The van der Waals surface area contributed by atoms with Crippen LogP contribution in [0.25, 0.3) is 22.3 Å². The predicted octanol–water partition coefficient (Wildman–Crippen LogP) is -1.27. The molecular weight excluding hydrogens is 632 g/mol. The quantitative estimate of drug-likeness (QED) is 0.0951. The smallest absolute Gasteiger partial charge is 0.402 e. The van der Waals surface area contributed by atoms with E-state index in [-0.39, 0.29) is 51.0 Å². The van der Waals surface area contributed by atoms with Gasteiger partial charge in [0.15, 0.2) is 11.5 Å². The van der Waals surface area contributed by atoms with Gasteiger partial charge in [0.25, 0.3) is 0 Å². The molecule has 17 heteroatoms. The number of esters is 1. The lowest BCUT2D eigenvalue weighted by molar-refractivity contribution is -0.278. The number of phenolic OH excluding ortho intramolecular Hbond substituents is 2. The molecule has 2 fully saturated rings. The van der Waals surface area contributed by atoms with Crippen LogP contribution >= 0.6 is 0 Å². The number of hydrogen-bond acceptors (Lipinski definition) is 16. The SMILES string of the molecule is COc1cc(-c2[o+]c3cc(O)cc(O[C@@H]4O[C@H](CO)[C@@H](O)[C@H](O)[C@H]4O)c3cc2O[C@@H]2O[C@H](COC(C)=O)[C@@H](O)[C@H](O)[C@H]2O)ccc1O. The molecule has 9 N–H and O–H groups in total. The van der Waals surface area contributed by atoms with Crippen LogP contribution in [-0.4, -0.2) is 134 Å². The molecule has 5 rings (SSSR count). The van der Waals surface area contributed by atoms with Gasteiger partial charge in [0.2, 0.25) is 18.3 Å². The maximum atomic E-state index is 11.4. The Morgan fingerprint density at radius 3 is 2.02 bits per heavy atom. The Kier molecular flexibility index (Phi) is 10.2. The van der Waals surface area contributed by atoms with Crippen LogP contribution in [0.5, 0.6) is 28.7 Å². The van der Waals surface area contributed by atoms with E-state index in [9.17, 15) is 50.8 Å². The number of carbonyl (C=O) groups excluding carboxylic acids is 1. The normalized spacial score (nSPS) is 30.9. The van der Waals surface area contributed by atoms with E-state index in [2.05, 4.69) is 0 Å². The van der Waals surface area contributed by atoms with Crippen LogP contribution in [0, 0.1) is 0 Å². The van der Waals surface area contributed by atoms with Gasteiger partial charge in [0.1, 0.15) is 72.3 Å². The Balaban J connectivity index is 1.60. The summed E-state index contributed by atoms with van der Waals surface area (Å²) in [6.45, 7) is -0.0768. The van der Waals surface area contributed by atoms with E-state index in [0.717, 1.165) is 13.0 Å². The molecule has 0 amide bonds. The fraction of sp³-hybridized carbons (Fsp3) is 0.467. The highest BCUT2D eigenvalue weighted by atomic mass is 16.7. The fourth-order valence-corrected chi connectivity index (χ4v) is 5.14. The largest absolute Gasteiger partial charge is 0.507 e. The first-order valence-electron chi connectivity index (χ1n) is 14.3. The van der Waals surface area contributed by atoms with Crippen LogP contribution in [0.4, 0.5) is 0 Å². The van der Waals surface area contributed by atoms with Crippen LogP contribution in [0.1, 0.15) is 6.92 Å². The summed E-state index contributed by atoms with van der Waals surface area (Å²) < 4.78 is 39.1. The maximum absolute atomic E-state index is 11.4. The summed E-state index contributed by atoms with van der Waals surface area (Å²) >= 11 is 0. The highest BCUT2D eigenvalue weighted by Crippen LogP contribution is 2.43. The average Bonchev–Trinajstić information content (AvgIpc) is 3.04. The number of hydrogen-bond donors (Lipinski definition) is 9. The highest BCUT2D eigenvalue weighted by molar-refractivity contribution is 5.89. The number of rotatable bonds is 9. The minimum atomic E-state index is -1.83. The number of fused-ring (bicyclic) bond motifs is 1. The van der Waals surface area contributed by atoms with Crippen molar-refractivity contribution in [1.29, 1.82) is 0 Å². The molecule has 2 aliphatic rings. The second kappa shape index (κ2) is 14.0. The second-order valence-electron chi connectivity index (χ2n) is 10.9. The average molecular weight is 668 g/mol. The molecule has 10 atom stereocenters. The minimum absolute atomic E-state index is 0.0349. The van der Waals surface area contributed by atoms with Crippen LogP contribution in [-0.2, 0) is 19.0 Å². The molecule has 3 heterocycles. The highest BCUT2D eigenvalue weighted by Gasteiger charge is 2.47. The summed E-state index contributed by atoms with van der Waals surface area (Å²) in [5, 5.41) is 92.9. The number of phenols is 2. The number of ether oxygens (including phenoxy) is 6. The number of benzene rings is 2. The molecule has 0 spiro atoms. The van der Waals surface area contributed by atoms with Crippen molar-refractivity contribution in [3.8, 4) is 40.1 Å². The van der Waals surface area contributed by atoms with Gasteiger partial charge in [-0.1, -0.05) is 0 Å². The Hall–Kier alpha value is -4.04. The molecule has 0 saturated carbocycles. The molecule has 17 nitrogen and oxygen atoms in total. The van der Waals surface area contributed by atoms with E-state index >= 15 is 0 Å². The van der Waals surface area contributed by atoms with Gasteiger partial charge in [-0.05, 0) is 12.1 Å². The third-order valence-corrected chi connectivity index (χ3v) is 7.70. The van der Waals surface area contributed by atoms with E-state index in [1.165, 1.54) is 37.4 Å². The number of aliphatic hydroxyl groups is 7. The number of aromatic hydroxyl groups is 2. The molecule has 256 valence electrons. The van der Waals surface area contributed by atoms with Gasteiger partial charge in [-0.2, -0.15) is 0 Å². The van der Waals surface area contributed by atoms with Gasteiger partial charge >= 0.3 is 17.3 Å². The van der Waals surface area contributed by atoms with Crippen LogP contribution in [0.3, 0.4) is 0 Å². The molecule has 2 aromatic carbocycles. The monoisotopic (exact) mass is 667 g/mol. The third-order valence-electron chi connectivity index (χ3n) is 7.70. The van der Waals surface area contributed by atoms with Crippen molar-refractivity contribution in [3.63, 3.8) is 0 Å². The summed E-state index contributed by atoms with van der Waals surface area (Å²) in [6, 6.07) is 7.77. The first kappa shape index (κ1) is 34.3. The molecule has 0 radical (unpaired) electrons. The standard InChI is InChI=1S/C30H34O17/c1-11(32)42-10-21-23(36)25(38)27(40)30(47-21)45-19-8-14-16(43-28(19)12-3-4-15(34)18(5-12)41-2)6-13(33)7-17(14)44-29-26(39)24(37)22(35)20(9-31)46-29/h3-8,20-27,29-31,35-40H,9-10H2,1-2H3,(H-,33,34)/p+1/t20-,21-,22-,23-,24+,25+,26-,27-,29-,30-/m1/s1. The zero-order chi connectivity index (χ0) is 34.2. The minimum Gasteiger partial charge on any atom is -0.507 e. The van der Waals surface area contributed by atoms with Crippen LogP contribution < -0.4 is 14.2 Å². The summed E-state index contributed by atoms with van der Waals surface area (Å²) in [4.78, 5) is 11.4. The van der Waals surface area contributed by atoms with Gasteiger partial charge in [-0.15, -0.1) is 0 Å². The van der Waals surface area contributed by atoms with Crippen molar-refractivity contribution in [3.05, 3.63) is 36.4 Å². The van der Waals surface area contributed by atoms with Gasteiger partial charge in [-0.25, -0.2) is 4.42 Å². The van der Waals surface area contributed by atoms with Crippen molar-refractivity contribution in [2.24, 2.45) is 0 Å². The molecule has 1 aromatic heterocycles. The molecule has 2 saturated heterocycles. The molecule has 0 unspecified atom stereocenters. The Labute approximate surface area is 265 Å². The van der Waals surface area contributed by atoms with E-state index in [0.29, 0.717) is 0 Å². The van der Waals surface area contributed by atoms with Gasteiger partial charge in [-0.3, -0.25) is 4.79 Å². The summed E-state index contributed by atoms with van der Waals surface area (Å²) in [6.07, 6.45) is -16.5. The molecule has 0 bridgehead atoms. The first-order valence-corrected chi connectivity index (χ1v) is 14.3. The van der Waals surface area contributed by atoms with Crippen molar-refractivity contribution in [1.82, 2.24) is 0 Å². The summed E-state index contributed by atoms with van der Waals surface area (Å²) in [5.41, 5.74) is 0.214. The van der Waals surface area contributed by atoms with Crippen LogP contribution in [0.2, 0.25) is 0 Å². The predicted molar refractivity (Wildman–Crippen MR) is 154 cm³/mol. The zero-order valence-corrected chi connectivity index (χ0v) is 24.9. The molecule has 2 aliphatic heterocycles. The van der Waals surface area contributed by atoms with Crippen molar-refractivity contribution in [2.45, 2.75) is 68.3 Å². The Morgan fingerprint density at radius 1 is 0.787 bits per heavy atom. The zero-order valence-electron chi connectivity index (χ0n) is 24.9. The van der Waals surface area contributed by atoms with Gasteiger partial charge < -0.3 is 74.4 Å². The molecule has 3 aromatic rings. The fourth-order valence-electron chi connectivity index (χ4n) is 5.14. The van der Waals surface area contributed by atoms with E-state index < -0.39 is 80.6 Å². The molecule has 47 heavy (non-hydrogen) atoms. The lowest BCUT2D eigenvalue weighted by Gasteiger charge is -2.39. The van der Waals surface area contributed by atoms with Crippen molar-refractivity contribution in [2.75, 3.05) is 20.3 Å². The van der Waals surface area contributed by atoms with E-state index in [1.807, 2.05) is 0 Å². The van der Waals surface area contributed by atoms with Crippen molar-refractivity contribution >= 4 is 16.9 Å². The summed E-state index contributed by atoms with van der Waals surface area (Å²) in [7, 11) is 1.32. The maximum Gasteiger partial charge on any atom is 0.402 e. The van der Waals surface area contributed by atoms with E-state index in [1.54, 1.807) is 0 Å². The first-order chi connectivity index (χ1) is 22.3. The van der Waals surface area contributed by atoms with Gasteiger partial charge in [0.05, 0.1) is 25.3 Å². The van der Waals surface area contributed by atoms with Gasteiger partial charge in [0, 0.05) is 25.1 Å². The van der Waals surface area contributed by atoms with Crippen molar-refractivity contribution < 1.29 is 83.6 Å².